The van der Waals surface area contributed by atoms with Gasteiger partial charge in [-0.1, -0.05) is 36.2 Å². The van der Waals surface area contributed by atoms with E-state index in [1.807, 2.05) is 30.1 Å². The topological polar surface area (TPSA) is 23.6 Å². The number of thiophene rings is 1. The molecular weight excluding hydrogens is 376 g/mol. The van der Waals surface area contributed by atoms with Crippen LogP contribution in [0.15, 0.2) is 30.3 Å². The number of nitrogens with zero attached hydrogens (tertiary/aromatic N) is 2. The molecule has 0 unspecified atom stereocenters. The Hall–Kier alpha value is -1.36. The van der Waals surface area contributed by atoms with Crippen molar-refractivity contribution in [2.45, 2.75) is 38.6 Å². The molecule has 2 aromatic rings. The maximum absolute atomic E-state index is 12.9. The molecule has 0 aliphatic carbocycles. The van der Waals surface area contributed by atoms with Crippen LogP contribution < -0.4 is 0 Å². The number of rotatable bonds is 4. The van der Waals surface area contributed by atoms with Crippen molar-refractivity contribution in [3.63, 3.8) is 0 Å². The smallest absolute Gasteiger partial charge is 0.227 e. The third kappa shape index (κ3) is 3.80. The standard InChI is InChI=1S/C22H27ClN2OS/c1-15-12-20(27-21(15)17-8-4-5-9-18(17)23)19-13-16(22(26)24(19)2)14-25-10-6-3-7-11-25/h4-5,8-9,12,16,19H,3,6-7,10-11,13-14H2,1-2H3/t16-,19+/m1/s1. The van der Waals surface area contributed by atoms with E-state index in [9.17, 15) is 4.79 Å². The van der Waals surface area contributed by atoms with E-state index in [1.165, 1.54) is 34.6 Å². The Morgan fingerprint density at radius 1 is 1.19 bits per heavy atom. The summed E-state index contributed by atoms with van der Waals surface area (Å²) < 4.78 is 0. The fourth-order valence-corrected chi connectivity index (χ4v) is 6.12. The minimum absolute atomic E-state index is 0.129. The molecule has 1 aromatic heterocycles. The molecule has 144 valence electrons. The van der Waals surface area contributed by atoms with Crippen LogP contribution in [0.25, 0.3) is 10.4 Å². The van der Waals surface area contributed by atoms with Crippen molar-refractivity contribution in [2.24, 2.45) is 5.92 Å². The van der Waals surface area contributed by atoms with E-state index in [-0.39, 0.29) is 12.0 Å². The van der Waals surface area contributed by atoms with E-state index < -0.39 is 0 Å². The van der Waals surface area contributed by atoms with E-state index in [0.717, 1.165) is 36.6 Å². The van der Waals surface area contributed by atoms with Gasteiger partial charge in [-0.3, -0.25) is 4.79 Å². The summed E-state index contributed by atoms with van der Waals surface area (Å²) in [7, 11) is 1.97. The summed E-state index contributed by atoms with van der Waals surface area (Å²) in [5.41, 5.74) is 2.33. The summed E-state index contributed by atoms with van der Waals surface area (Å²) in [5.74, 6) is 0.431. The van der Waals surface area contributed by atoms with Crippen molar-refractivity contribution in [3.05, 3.63) is 45.8 Å². The third-order valence-electron chi connectivity index (χ3n) is 5.98. The van der Waals surface area contributed by atoms with Gasteiger partial charge in [-0.05, 0) is 57.0 Å². The van der Waals surface area contributed by atoms with E-state index in [0.29, 0.717) is 5.91 Å². The van der Waals surface area contributed by atoms with Gasteiger partial charge in [-0.2, -0.15) is 0 Å². The molecule has 0 saturated carbocycles. The summed E-state index contributed by atoms with van der Waals surface area (Å²) in [6, 6.07) is 10.4. The van der Waals surface area contributed by atoms with Gasteiger partial charge >= 0.3 is 0 Å². The molecule has 27 heavy (non-hydrogen) atoms. The Bertz CT molecular complexity index is 827. The molecule has 3 heterocycles. The maximum Gasteiger partial charge on any atom is 0.227 e. The molecule has 0 radical (unpaired) electrons. The zero-order chi connectivity index (χ0) is 19.0. The number of hydrogen-bond donors (Lipinski definition) is 0. The summed E-state index contributed by atoms with van der Waals surface area (Å²) in [5, 5.41) is 0.785. The van der Waals surface area contributed by atoms with Gasteiger partial charge in [0.15, 0.2) is 0 Å². The maximum atomic E-state index is 12.9. The first-order chi connectivity index (χ1) is 13.0. The van der Waals surface area contributed by atoms with Crippen LogP contribution in [-0.2, 0) is 4.79 Å². The molecule has 3 nitrogen and oxygen atoms in total. The summed E-state index contributed by atoms with van der Waals surface area (Å²) in [6.07, 6.45) is 4.79. The minimum Gasteiger partial charge on any atom is -0.338 e. The Balaban J connectivity index is 1.54. The highest BCUT2D eigenvalue weighted by Crippen LogP contribution is 2.44. The quantitative estimate of drug-likeness (QED) is 0.685. The van der Waals surface area contributed by atoms with Crippen LogP contribution in [0.1, 0.15) is 42.2 Å². The number of carbonyl (C=O) groups excluding carboxylic acids is 1. The number of halogens is 1. The van der Waals surface area contributed by atoms with Crippen LogP contribution in [-0.4, -0.2) is 42.4 Å². The number of carbonyl (C=O) groups is 1. The van der Waals surface area contributed by atoms with Gasteiger partial charge < -0.3 is 9.80 Å². The highest BCUT2D eigenvalue weighted by molar-refractivity contribution is 7.15. The second-order valence-electron chi connectivity index (χ2n) is 7.90. The second-order valence-corrected chi connectivity index (χ2v) is 9.39. The number of aryl methyl sites for hydroxylation is 1. The van der Waals surface area contributed by atoms with Crippen LogP contribution in [0.5, 0.6) is 0 Å². The zero-order valence-electron chi connectivity index (χ0n) is 16.1. The molecule has 2 atom stereocenters. The van der Waals surface area contributed by atoms with Crippen LogP contribution in [0.2, 0.25) is 5.02 Å². The van der Waals surface area contributed by atoms with Crippen molar-refractivity contribution in [1.82, 2.24) is 9.80 Å². The molecule has 2 fully saturated rings. The highest BCUT2D eigenvalue weighted by atomic mass is 35.5. The van der Waals surface area contributed by atoms with Crippen LogP contribution in [0, 0.1) is 12.8 Å². The highest BCUT2D eigenvalue weighted by Gasteiger charge is 2.39. The molecule has 5 heteroatoms. The Kier molecular flexibility index (Phi) is 5.58. The molecule has 0 N–H and O–H groups in total. The lowest BCUT2D eigenvalue weighted by Gasteiger charge is -2.28. The lowest BCUT2D eigenvalue weighted by molar-refractivity contribution is -0.131. The Morgan fingerprint density at radius 2 is 1.93 bits per heavy atom. The first-order valence-electron chi connectivity index (χ1n) is 9.89. The fraction of sp³-hybridized carbons (Fsp3) is 0.500. The average molecular weight is 403 g/mol. The predicted octanol–water partition coefficient (Wildman–Crippen LogP) is 5.38. The fourth-order valence-electron chi connectivity index (χ4n) is 4.47. The number of likely N-dealkylation sites (tertiary alicyclic amines) is 2. The van der Waals surface area contributed by atoms with Crippen molar-refractivity contribution in [1.29, 1.82) is 0 Å². The van der Waals surface area contributed by atoms with Crippen LogP contribution in [0.4, 0.5) is 0 Å². The first kappa shape index (κ1) is 19.0. The van der Waals surface area contributed by atoms with E-state index in [1.54, 1.807) is 11.3 Å². The molecule has 0 bridgehead atoms. The van der Waals surface area contributed by atoms with Gasteiger partial charge in [-0.15, -0.1) is 11.3 Å². The van der Waals surface area contributed by atoms with Gasteiger partial charge in [0.25, 0.3) is 0 Å². The number of amides is 1. The molecule has 1 amide bonds. The van der Waals surface area contributed by atoms with E-state index in [2.05, 4.69) is 24.0 Å². The third-order valence-corrected chi connectivity index (χ3v) is 7.68. The molecule has 2 aliphatic rings. The largest absolute Gasteiger partial charge is 0.338 e. The normalized spacial score (nSPS) is 24.0. The summed E-state index contributed by atoms with van der Waals surface area (Å²) in [4.78, 5) is 19.8. The lowest BCUT2D eigenvalue weighted by atomic mass is 10.0. The van der Waals surface area contributed by atoms with E-state index >= 15 is 0 Å². The molecular formula is C22H27ClN2OS. The predicted molar refractivity (Wildman–Crippen MR) is 113 cm³/mol. The SMILES string of the molecule is Cc1cc([C@@H]2C[C@H](CN3CCCCC3)C(=O)N2C)sc1-c1ccccc1Cl. The molecule has 0 spiro atoms. The number of hydrogen-bond acceptors (Lipinski definition) is 3. The Labute approximate surface area is 170 Å². The van der Waals surface area contributed by atoms with Crippen molar-refractivity contribution < 1.29 is 4.79 Å². The van der Waals surface area contributed by atoms with Gasteiger partial charge in [0.2, 0.25) is 5.91 Å². The molecule has 4 rings (SSSR count). The van der Waals surface area contributed by atoms with Crippen LogP contribution in [0.3, 0.4) is 0 Å². The van der Waals surface area contributed by atoms with Gasteiger partial charge in [0, 0.05) is 33.9 Å². The molecule has 2 saturated heterocycles. The van der Waals surface area contributed by atoms with Crippen molar-refractivity contribution in [3.8, 4) is 10.4 Å². The van der Waals surface area contributed by atoms with Crippen molar-refractivity contribution >= 4 is 28.8 Å². The number of piperidine rings is 1. The summed E-state index contributed by atoms with van der Waals surface area (Å²) >= 11 is 8.21. The minimum atomic E-state index is 0.129. The first-order valence-corrected chi connectivity index (χ1v) is 11.1. The van der Waals surface area contributed by atoms with Gasteiger partial charge in [-0.25, -0.2) is 0 Å². The Morgan fingerprint density at radius 3 is 2.67 bits per heavy atom. The van der Waals surface area contributed by atoms with Crippen molar-refractivity contribution in [2.75, 3.05) is 26.7 Å². The van der Waals surface area contributed by atoms with Gasteiger partial charge in [0.05, 0.1) is 12.0 Å². The second kappa shape index (κ2) is 7.94. The molecule has 2 aliphatic heterocycles. The average Bonchev–Trinajstić information content (AvgIpc) is 3.18. The lowest BCUT2D eigenvalue weighted by Crippen LogP contribution is -2.36. The number of benzene rings is 1. The molecule has 1 aromatic carbocycles. The monoisotopic (exact) mass is 402 g/mol. The summed E-state index contributed by atoms with van der Waals surface area (Å²) in [6.45, 7) is 5.35. The zero-order valence-corrected chi connectivity index (χ0v) is 17.7. The van der Waals surface area contributed by atoms with E-state index in [4.69, 9.17) is 11.6 Å². The van der Waals surface area contributed by atoms with Gasteiger partial charge in [0.1, 0.15) is 0 Å². The van der Waals surface area contributed by atoms with Crippen LogP contribution >= 0.6 is 22.9 Å².